The van der Waals surface area contributed by atoms with E-state index < -0.39 is 0 Å². The summed E-state index contributed by atoms with van der Waals surface area (Å²) in [4.78, 5) is 16.4. The fourth-order valence-corrected chi connectivity index (χ4v) is 3.87. The maximum absolute atomic E-state index is 12.1. The van der Waals surface area contributed by atoms with Gasteiger partial charge in [-0.3, -0.25) is 9.69 Å². The van der Waals surface area contributed by atoms with E-state index >= 15 is 0 Å². The van der Waals surface area contributed by atoms with Crippen LogP contribution in [0.1, 0.15) is 19.3 Å². The third-order valence-corrected chi connectivity index (χ3v) is 5.18. The Morgan fingerprint density at radius 3 is 2.79 bits per heavy atom. The standard InChI is InChI=1S/C17H30N2O5/c1-21-13-17(20)19-5-4-16-15(19)3-2-14(24-16)12-23-11-8-18-6-9-22-10-7-18/h14-16H,2-13H2,1H3/t14-,15+,16+/m1/s1. The monoisotopic (exact) mass is 342 g/mol. The number of amides is 1. The number of methoxy groups -OCH3 is 1. The number of hydrogen-bond acceptors (Lipinski definition) is 6. The first-order valence-corrected chi connectivity index (χ1v) is 9.09. The maximum atomic E-state index is 12.1. The van der Waals surface area contributed by atoms with Gasteiger partial charge in [0.15, 0.2) is 0 Å². The van der Waals surface area contributed by atoms with E-state index in [4.69, 9.17) is 18.9 Å². The lowest BCUT2D eigenvalue weighted by Gasteiger charge is -2.36. The van der Waals surface area contributed by atoms with Crippen LogP contribution in [-0.2, 0) is 23.7 Å². The highest BCUT2D eigenvalue weighted by molar-refractivity contribution is 5.78. The van der Waals surface area contributed by atoms with E-state index in [1.807, 2.05) is 4.90 Å². The van der Waals surface area contributed by atoms with Gasteiger partial charge in [0.25, 0.3) is 0 Å². The molecule has 1 amide bonds. The van der Waals surface area contributed by atoms with Crippen LogP contribution >= 0.6 is 0 Å². The van der Waals surface area contributed by atoms with Gasteiger partial charge in [-0.05, 0) is 19.3 Å². The largest absolute Gasteiger partial charge is 0.379 e. The molecule has 3 atom stereocenters. The average molecular weight is 342 g/mol. The second-order valence-corrected chi connectivity index (χ2v) is 6.78. The zero-order valence-corrected chi connectivity index (χ0v) is 14.7. The Kier molecular flexibility index (Phi) is 6.85. The molecule has 24 heavy (non-hydrogen) atoms. The molecule has 7 nitrogen and oxygen atoms in total. The minimum atomic E-state index is 0.0776. The third kappa shape index (κ3) is 4.67. The minimum Gasteiger partial charge on any atom is -0.379 e. The quantitative estimate of drug-likeness (QED) is 0.613. The molecule has 0 unspecified atom stereocenters. The average Bonchev–Trinajstić information content (AvgIpc) is 3.03. The maximum Gasteiger partial charge on any atom is 0.248 e. The SMILES string of the molecule is COCC(=O)N1CC[C@@H]2O[C@@H](COCCN3CCOCC3)CC[C@@H]21. The zero-order valence-electron chi connectivity index (χ0n) is 14.7. The van der Waals surface area contributed by atoms with Crippen molar-refractivity contribution in [3.8, 4) is 0 Å². The van der Waals surface area contributed by atoms with Crippen molar-refractivity contribution < 1.29 is 23.7 Å². The highest BCUT2D eigenvalue weighted by atomic mass is 16.5. The Morgan fingerprint density at radius 2 is 2.00 bits per heavy atom. The molecule has 0 N–H and O–H groups in total. The molecule has 0 spiro atoms. The number of likely N-dealkylation sites (tertiary alicyclic amines) is 1. The molecule has 7 heteroatoms. The second-order valence-electron chi connectivity index (χ2n) is 6.78. The Bertz CT molecular complexity index is 402. The van der Waals surface area contributed by atoms with Crippen LogP contribution in [-0.4, -0.2) is 100 Å². The Morgan fingerprint density at radius 1 is 1.17 bits per heavy atom. The molecule has 3 heterocycles. The molecular formula is C17H30N2O5. The summed E-state index contributed by atoms with van der Waals surface area (Å²) < 4.78 is 22.3. The molecule has 3 saturated heterocycles. The number of hydrogen-bond donors (Lipinski definition) is 0. The van der Waals surface area contributed by atoms with Crippen LogP contribution in [0.15, 0.2) is 0 Å². The molecular weight excluding hydrogens is 312 g/mol. The van der Waals surface area contributed by atoms with E-state index in [0.29, 0.717) is 6.61 Å². The van der Waals surface area contributed by atoms with Gasteiger partial charge in [-0.2, -0.15) is 0 Å². The lowest BCUT2D eigenvalue weighted by molar-refractivity contribution is -0.142. The predicted molar refractivity (Wildman–Crippen MR) is 88.0 cm³/mol. The van der Waals surface area contributed by atoms with Gasteiger partial charge in [0.1, 0.15) is 6.61 Å². The lowest BCUT2D eigenvalue weighted by atomic mass is 9.99. The van der Waals surface area contributed by atoms with Crippen LogP contribution in [0, 0.1) is 0 Å². The molecule has 0 aromatic rings. The summed E-state index contributed by atoms with van der Waals surface area (Å²) in [6.07, 6.45) is 3.19. The summed E-state index contributed by atoms with van der Waals surface area (Å²) in [5, 5.41) is 0. The summed E-state index contributed by atoms with van der Waals surface area (Å²) in [6.45, 7) is 6.95. The van der Waals surface area contributed by atoms with Crippen molar-refractivity contribution in [1.29, 1.82) is 0 Å². The van der Waals surface area contributed by atoms with Gasteiger partial charge < -0.3 is 23.8 Å². The number of ether oxygens (including phenoxy) is 4. The summed E-state index contributed by atoms with van der Waals surface area (Å²) >= 11 is 0. The predicted octanol–water partition coefficient (Wildman–Crippen LogP) is 0.130. The first-order chi connectivity index (χ1) is 11.8. The van der Waals surface area contributed by atoms with E-state index in [1.54, 1.807) is 7.11 Å². The topological polar surface area (TPSA) is 60.5 Å². The zero-order chi connectivity index (χ0) is 16.8. The molecule has 3 rings (SSSR count). The summed E-state index contributed by atoms with van der Waals surface area (Å²) in [5.41, 5.74) is 0. The molecule has 0 aromatic heterocycles. The normalized spacial score (nSPS) is 31.2. The van der Waals surface area contributed by atoms with Crippen molar-refractivity contribution in [2.24, 2.45) is 0 Å². The first-order valence-electron chi connectivity index (χ1n) is 9.09. The molecule has 0 radical (unpaired) electrons. The van der Waals surface area contributed by atoms with E-state index in [1.165, 1.54) is 0 Å². The molecule has 3 aliphatic heterocycles. The number of morpholine rings is 1. The fourth-order valence-electron chi connectivity index (χ4n) is 3.87. The van der Waals surface area contributed by atoms with E-state index in [9.17, 15) is 4.79 Å². The van der Waals surface area contributed by atoms with Gasteiger partial charge in [0, 0.05) is 33.3 Å². The van der Waals surface area contributed by atoms with E-state index in [-0.39, 0.29) is 30.8 Å². The fraction of sp³-hybridized carbons (Fsp3) is 0.941. The minimum absolute atomic E-state index is 0.0776. The molecule has 3 aliphatic rings. The molecule has 0 bridgehead atoms. The molecule has 3 fully saturated rings. The molecule has 0 saturated carbocycles. The molecule has 0 aromatic carbocycles. The highest BCUT2D eigenvalue weighted by Gasteiger charge is 2.41. The van der Waals surface area contributed by atoms with Crippen LogP contribution in [0.2, 0.25) is 0 Å². The van der Waals surface area contributed by atoms with Crippen molar-refractivity contribution in [2.45, 2.75) is 37.5 Å². The number of carbonyl (C=O) groups excluding carboxylic acids is 1. The van der Waals surface area contributed by atoms with Crippen LogP contribution < -0.4 is 0 Å². The highest BCUT2D eigenvalue weighted by Crippen LogP contribution is 2.31. The van der Waals surface area contributed by atoms with Crippen LogP contribution in [0.25, 0.3) is 0 Å². The molecule has 138 valence electrons. The van der Waals surface area contributed by atoms with Crippen molar-refractivity contribution in [3.63, 3.8) is 0 Å². The second kappa shape index (κ2) is 9.10. The Labute approximate surface area is 144 Å². The van der Waals surface area contributed by atoms with Crippen LogP contribution in [0.3, 0.4) is 0 Å². The van der Waals surface area contributed by atoms with Gasteiger partial charge in [-0.25, -0.2) is 0 Å². The van der Waals surface area contributed by atoms with Crippen molar-refractivity contribution in [3.05, 3.63) is 0 Å². The van der Waals surface area contributed by atoms with Gasteiger partial charge >= 0.3 is 0 Å². The van der Waals surface area contributed by atoms with Crippen LogP contribution in [0.5, 0.6) is 0 Å². The first kappa shape index (κ1) is 18.1. The number of fused-ring (bicyclic) bond motifs is 1. The van der Waals surface area contributed by atoms with E-state index in [2.05, 4.69) is 4.90 Å². The lowest BCUT2D eigenvalue weighted by Crippen LogP contribution is -2.47. The Hall–Kier alpha value is -0.730. The number of carbonyl (C=O) groups is 1. The Balaban J connectivity index is 1.33. The van der Waals surface area contributed by atoms with E-state index in [0.717, 1.165) is 65.3 Å². The third-order valence-electron chi connectivity index (χ3n) is 5.18. The smallest absolute Gasteiger partial charge is 0.248 e. The number of nitrogens with zero attached hydrogens (tertiary/aromatic N) is 2. The summed E-state index contributed by atoms with van der Waals surface area (Å²) in [5.74, 6) is 0.0776. The summed E-state index contributed by atoms with van der Waals surface area (Å²) in [7, 11) is 1.56. The summed E-state index contributed by atoms with van der Waals surface area (Å²) in [6, 6.07) is 0.220. The van der Waals surface area contributed by atoms with Gasteiger partial charge in [0.2, 0.25) is 5.91 Å². The van der Waals surface area contributed by atoms with Crippen molar-refractivity contribution in [1.82, 2.24) is 9.80 Å². The van der Waals surface area contributed by atoms with Gasteiger partial charge in [0.05, 0.1) is 44.7 Å². The van der Waals surface area contributed by atoms with Gasteiger partial charge in [-0.15, -0.1) is 0 Å². The van der Waals surface area contributed by atoms with Crippen molar-refractivity contribution in [2.75, 3.05) is 66.3 Å². The molecule has 0 aliphatic carbocycles. The number of rotatable bonds is 7. The van der Waals surface area contributed by atoms with Gasteiger partial charge in [-0.1, -0.05) is 0 Å². The van der Waals surface area contributed by atoms with Crippen molar-refractivity contribution >= 4 is 5.91 Å². The van der Waals surface area contributed by atoms with Crippen LogP contribution in [0.4, 0.5) is 0 Å².